The van der Waals surface area contributed by atoms with Crippen LogP contribution in [0, 0.1) is 0 Å². The molecule has 0 aliphatic heterocycles. The summed E-state index contributed by atoms with van der Waals surface area (Å²) in [4.78, 5) is 8.10. The number of nitrogens with one attached hydrogen (secondary N) is 3. The van der Waals surface area contributed by atoms with Crippen LogP contribution in [-0.4, -0.2) is 32.4 Å². The standard InChI is InChI=1S/C6H10B2N5/c1-8-13-5-3-4(9-2)10-6(11-5)12-7/h3H,1-2H3,(H3,9,10,11,12,13). The second-order valence-electron chi connectivity index (χ2n) is 2.29. The molecule has 0 fully saturated rings. The first kappa shape index (κ1) is 9.70. The second kappa shape index (κ2) is 4.59. The zero-order valence-electron chi connectivity index (χ0n) is 7.63. The van der Waals surface area contributed by atoms with E-state index in [-0.39, 0.29) is 0 Å². The van der Waals surface area contributed by atoms with E-state index in [1.807, 2.05) is 6.82 Å². The van der Waals surface area contributed by atoms with Crippen molar-refractivity contribution < 1.29 is 0 Å². The molecule has 0 saturated carbocycles. The molecule has 0 aliphatic carbocycles. The highest BCUT2D eigenvalue weighted by molar-refractivity contribution is 6.38. The molecule has 1 aromatic rings. The summed E-state index contributed by atoms with van der Waals surface area (Å²) in [6, 6.07) is 1.78. The van der Waals surface area contributed by atoms with Crippen LogP contribution in [0.4, 0.5) is 17.6 Å². The lowest BCUT2D eigenvalue weighted by atomic mass is 10.0. The first-order valence-electron chi connectivity index (χ1n) is 3.88. The van der Waals surface area contributed by atoms with E-state index in [0.29, 0.717) is 17.6 Å². The molecule has 0 bridgehead atoms. The van der Waals surface area contributed by atoms with E-state index >= 15 is 0 Å². The fourth-order valence-electron chi connectivity index (χ4n) is 0.862. The lowest BCUT2D eigenvalue weighted by Gasteiger charge is -2.07. The first-order valence-corrected chi connectivity index (χ1v) is 3.88. The quantitative estimate of drug-likeness (QED) is 0.564. The Hall–Kier alpha value is -1.39. The van der Waals surface area contributed by atoms with Crippen LogP contribution in [0.2, 0.25) is 6.82 Å². The highest BCUT2D eigenvalue weighted by Gasteiger charge is 2.00. The highest BCUT2D eigenvalue weighted by atomic mass is 15.1. The molecule has 0 spiro atoms. The Balaban J connectivity index is 2.93. The molecular formula is C6H10B2N5. The van der Waals surface area contributed by atoms with Crippen LogP contribution in [-0.2, 0) is 0 Å². The normalized spacial score (nSPS) is 9.08. The zero-order valence-corrected chi connectivity index (χ0v) is 7.63. The molecule has 7 heteroatoms. The number of rotatable bonds is 4. The summed E-state index contributed by atoms with van der Waals surface area (Å²) in [6.07, 6.45) is 0. The van der Waals surface area contributed by atoms with Gasteiger partial charge in [0, 0.05) is 13.1 Å². The Morgan fingerprint density at radius 2 is 2.08 bits per heavy atom. The summed E-state index contributed by atoms with van der Waals surface area (Å²) >= 11 is 0. The van der Waals surface area contributed by atoms with Crippen molar-refractivity contribution in [3.8, 4) is 0 Å². The minimum Gasteiger partial charge on any atom is -0.417 e. The van der Waals surface area contributed by atoms with Crippen molar-refractivity contribution in [2.45, 2.75) is 6.82 Å². The van der Waals surface area contributed by atoms with Crippen LogP contribution in [0.1, 0.15) is 0 Å². The minimum absolute atomic E-state index is 0.371. The molecule has 5 nitrogen and oxygen atoms in total. The van der Waals surface area contributed by atoms with E-state index < -0.39 is 0 Å². The zero-order chi connectivity index (χ0) is 9.68. The molecule has 1 heterocycles. The molecule has 0 amide bonds. The fraction of sp³-hybridized carbons (Fsp3) is 0.333. The molecule has 0 saturated heterocycles. The number of aromatic nitrogens is 2. The Morgan fingerprint density at radius 1 is 1.38 bits per heavy atom. The van der Waals surface area contributed by atoms with Gasteiger partial charge in [0.15, 0.2) is 0 Å². The SMILES string of the molecule is [B]Nc1nc(NC)cc(N[B]C)n1. The molecule has 1 rings (SSSR count). The summed E-state index contributed by atoms with van der Waals surface area (Å²) in [5.74, 6) is 1.76. The predicted octanol–water partition coefficient (Wildman–Crippen LogP) is 0.0929. The molecule has 0 atom stereocenters. The van der Waals surface area contributed by atoms with Gasteiger partial charge in [-0.2, -0.15) is 9.97 Å². The van der Waals surface area contributed by atoms with Crippen LogP contribution >= 0.6 is 0 Å². The van der Waals surface area contributed by atoms with Crippen molar-refractivity contribution in [3.05, 3.63) is 6.07 Å². The van der Waals surface area contributed by atoms with Crippen molar-refractivity contribution >= 4 is 33.0 Å². The highest BCUT2D eigenvalue weighted by Crippen LogP contribution is 2.12. The van der Waals surface area contributed by atoms with Crippen LogP contribution in [0.5, 0.6) is 0 Å². The van der Waals surface area contributed by atoms with E-state index in [0.717, 1.165) is 0 Å². The maximum Gasteiger partial charge on any atom is 0.241 e. The van der Waals surface area contributed by atoms with Crippen LogP contribution in [0.15, 0.2) is 6.07 Å². The average Bonchev–Trinajstić information content (AvgIpc) is 2.17. The van der Waals surface area contributed by atoms with Crippen molar-refractivity contribution in [2.24, 2.45) is 0 Å². The lowest BCUT2D eigenvalue weighted by molar-refractivity contribution is 1.18. The van der Waals surface area contributed by atoms with Crippen molar-refractivity contribution in [3.63, 3.8) is 0 Å². The third kappa shape index (κ3) is 2.54. The van der Waals surface area contributed by atoms with Crippen molar-refractivity contribution in [1.29, 1.82) is 0 Å². The fourth-order valence-corrected chi connectivity index (χ4v) is 0.862. The Morgan fingerprint density at radius 3 is 2.62 bits per heavy atom. The number of nitrogens with zero attached hydrogens (tertiary/aromatic N) is 2. The largest absolute Gasteiger partial charge is 0.417 e. The van der Waals surface area contributed by atoms with E-state index in [4.69, 9.17) is 7.98 Å². The molecule has 65 valence electrons. The summed E-state index contributed by atoms with van der Waals surface area (Å²) < 4.78 is 0. The summed E-state index contributed by atoms with van der Waals surface area (Å²) in [7, 11) is 8.76. The van der Waals surface area contributed by atoms with E-state index in [9.17, 15) is 0 Å². The van der Waals surface area contributed by atoms with Crippen molar-refractivity contribution in [2.75, 3.05) is 22.8 Å². The first-order chi connectivity index (χ1) is 6.30. The van der Waals surface area contributed by atoms with E-state index in [1.54, 1.807) is 20.5 Å². The molecule has 3 N–H and O–H groups in total. The number of hydrogen-bond acceptors (Lipinski definition) is 5. The van der Waals surface area contributed by atoms with Gasteiger partial charge in [0.2, 0.25) is 21.3 Å². The maximum absolute atomic E-state index is 5.20. The minimum atomic E-state index is 0.371. The summed E-state index contributed by atoms with van der Waals surface area (Å²) in [5.41, 5.74) is 0. The Bertz CT molecular complexity index is 257. The monoisotopic (exact) mass is 174 g/mol. The average molecular weight is 174 g/mol. The third-order valence-corrected chi connectivity index (χ3v) is 1.40. The number of anilines is 3. The maximum atomic E-state index is 5.20. The van der Waals surface area contributed by atoms with Crippen LogP contribution in [0.25, 0.3) is 0 Å². The lowest BCUT2D eigenvalue weighted by Crippen LogP contribution is -2.07. The molecular weight excluding hydrogens is 164 g/mol. The third-order valence-electron chi connectivity index (χ3n) is 1.40. The van der Waals surface area contributed by atoms with E-state index in [2.05, 4.69) is 25.7 Å². The van der Waals surface area contributed by atoms with Gasteiger partial charge < -0.3 is 15.8 Å². The second-order valence-corrected chi connectivity index (χ2v) is 2.29. The Labute approximate surface area is 79.4 Å². The van der Waals surface area contributed by atoms with Crippen LogP contribution in [0.3, 0.4) is 0 Å². The van der Waals surface area contributed by atoms with Gasteiger partial charge >= 0.3 is 0 Å². The summed E-state index contributed by atoms with van der Waals surface area (Å²) in [5, 5.41) is 8.23. The predicted molar refractivity (Wildman–Crippen MR) is 56.2 cm³/mol. The molecule has 3 radical (unpaired) electrons. The van der Waals surface area contributed by atoms with Gasteiger partial charge in [-0.1, -0.05) is 6.82 Å². The number of hydrogen-bond donors (Lipinski definition) is 3. The van der Waals surface area contributed by atoms with Gasteiger partial charge in [-0.25, -0.2) is 0 Å². The molecule has 0 aromatic carbocycles. The topological polar surface area (TPSA) is 61.9 Å². The van der Waals surface area contributed by atoms with Gasteiger partial charge in [-0.3, -0.25) is 0 Å². The molecule has 1 aromatic heterocycles. The summed E-state index contributed by atoms with van der Waals surface area (Å²) in [6.45, 7) is 1.87. The van der Waals surface area contributed by atoms with Gasteiger partial charge in [-0.05, 0) is 0 Å². The van der Waals surface area contributed by atoms with Gasteiger partial charge in [0.25, 0.3) is 0 Å². The van der Waals surface area contributed by atoms with Crippen molar-refractivity contribution in [1.82, 2.24) is 9.97 Å². The smallest absolute Gasteiger partial charge is 0.241 e. The Kier molecular flexibility index (Phi) is 3.42. The molecule has 0 aliphatic rings. The van der Waals surface area contributed by atoms with Gasteiger partial charge in [0.05, 0.1) is 0 Å². The molecule has 13 heavy (non-hydrogen) atoms. The van der Waals surface area contributed by atoms with Gasteiger partial charge in [0.1, 0.15) is 11.6 Å². The van der Waals surface area contributed by atoms with Gasteiger partial charge in [-0.15, -0.1) is 0 Å². The molecule has 0 unspecified atom stereocenters. The van der Waals surface area contributed by atoms with Crippen LogP contribution < -0.4 is 15.8 Å². The van der Waals surface area contributed by atoms with E-state index in [1.165, 1.54) is 0 Å².